The Morgan fingerprint density at radius 1 is 1.30 bits per heavy atom. The van der Waals surface area contributed by atoms with Gasteiger partial charge in [-0.25, -0.2) is 4.98 Å². The predicted octanol–water partition coefficient (Wildman–Crippen LogP) is 1.30. The maximum atomic E-state index is 12.2. The zero-order valence-electron chi connectivity index (χ0n) is 11.7. The predicted molar refractivity (Wildman–Crippen MR) is 76.6 cm³/mol. The molecular weight excluding hydrogens is 254 g/mol. The molecule has 0 bridgehead atoms. The average molecular weight is 275 g/mol. The maximum absolute atomic E-state index is 12.2. The molecule has 3 heterocycles. The van der Waals surface area contributed by atoms with Crippen molar-refractivity contribution < 1.29 is 9.53 Å². The lowest BCUT2D eigenvalue weighted by Crippen LogP contribution is -2.49. The standard InChI is InChI=1S/C15H21N3O2/c19-15(12-13-4-3-11-20-13)18-9-7-17(8-10-18)14-5-1-2-6-16-14/h1-2,5-6,13H,3-4,7-12H2. The number of hydrogen-bond acceptors (Lipinski definition) is 4. The molecule has 2 aliphatic heterocycles. The van der Waals surface area contributed by atoms with Gasteiger partial charge in [-0.3, -0.25) is 4.79 Å². The Balaban J connectivity index is 1.49. The molecule has 20 heavy (non-hydrogen) atoms. The molecule has 2 aliphatic rings. The first kappa shape index (κ1) is 13.4. The summed E-state index contributed by atoms with van der Waals surface area (Å²) < 4.78 is 5.54. The van der Waals surface area contributed by atoms with Gasteiger partial charge in [0.2, 0.25) is 5.91 Å². The topological polar surface area (TPSA) is 45.7 Å². The Kier molecular flexibility index (Phi) is 4.16. The van der Waals surface area contributed by atoms with Gasteiger partial charge in [-0.15, -0.1) is 0 Å². The van der Waals surface area contributed by atoms with Gasteiger partial charge in [-0.05, 0) is 25.0 Å². The second-order valence-electron chi connectivity index (χ2n) is 5.39. The minimum atomic E-state index is 0.149. The molecule has 1 unspecified atom stereocenters. The zero-order chi connectivity index (χ0) is 13.8. The van der Waals surface area contributed by atoms with E-state index in [2.05, 4.69) is 9.88 Å². The van der Waals surface area contributed by atoms with Crippen LogP contribution >= 0.6 is 0 Å². The van der Waals surface area contributed by atoms with Crippen molar-refractivity contribution in [2.24, 2.45) is 0 Å². The van der Waals surface area contributed by atoms with Gasteiger partial charge in [0.05, 0.1) is 12.5 Å². The number of carbonyl (C=O) groups is 1. The van der Waals surface area contributed by atoms with E-state index in [1.165, 1.54) is 0 Å². The van der Waals surface area contributed by atoms with Gasteiger partial charge >= 0.3 is 0 Å². The number of aromatic nitrogens is 1. The van der Waals surface area contributed by atoms with Crippen molar-refractivity contribution >= 4 is 11.7 Å². The van der Waals surface area contributed by atoms with E-state index in [4.69, 9.17) is 4.74 Å². The lowest BCUT2D eigenvalue weighted by Gasteiger charge is -2.35. The zero-order valence-corrected chi connectivity index (χ0v) is 11.7. The smallest absolute Gasteiger partial charge is 0.225 e. The Hall–Kier alpha value is -1.62. The fourth-order valence-corrected chi connectivity index (χ4v) is 2.85. The summed E-state index contributed by atoms with van der Waals surface area (Å²) in [5.41, 5.74) is 0. The van der Waals surface area contributed by atoms with Crippen LogP contribution in [0.1, 0.15) is 19.3 Å². The summed E-state index contributed by atoms with van der Waals surface area (Å²) in [6.07, 6.45) is 4.62. The highest BCUT2D eigenvalue weighted by Gasteiger charge is 2.25. The highest BCUT2D eigenvalue weighted by molar-refractivity contribution is 5.77. The fourth-order valence-electron chi connectivity index (χ4n) is 2.85. The largest absolute Gasteiger partial charge is 0.378 e. The number of pyridine rings is 1. The van der Waals surface area contributed by atoms with E-state index in [0.717, 1.165) is 51.4 Å². The van der Waals surface area contributed by atoms with Crippen LogP contribution in [0.4, 0.5) is 5.82 Å². The van der Waals surface area contributed by atoms with Crippen molar-refractivity contribution in [3.8, 4) is 0 Å². The summed E-state index contributed by atoms with van der Waals surface area (Å²) in [4.78, 5) is 20.8. The molecule has 108 valence electrons. The monoisotopic (exact) mass is 275 g/mol. The Morgan fingerprint density at radius 2 is 2.15 bits per heavy atom. The third kappa shape index (κ3) is 3.10. The van der Waals surface area contributed by atoms with Crippen LogP contribution in [0.2, 0.25) is 0 Å². The van der Waals surface area contributed by atoms with Gasteiger partial charge in [-0.2, -0.15) is 0 Å². The van der Waals surface area contributed by atoms with E-state index in [1.807, 2.05) is 29.3 Å². The third-order valence-corrected chi connectivity index (χ3v) is 4.03. The maximum Gasteiger partial charge on any atom is 0.225 e. The van der Waals surface area contributed by atoms with Gasteiger partial charge in [0.1, 0.15) is 5.82 Å². The number of hydrogen-bond donors (Lipinski definition) is 0. The van der Waals surface area contributed by atoms with E-state index >= 15 is 0 Å². The second-order valence-corrected chi connectivity index (χ2v) is 5.39. The van der Waals surface area contributed by atoms with Crippen molar-refractivity contribution in [1.82, 2.24) is 9.88 Å². The number of carbonyl (C=O) groups excluding carboxylic acids is 1. The summed E-state index contributed by atoms with van der Waals surface area (Å²) in [6, 6.07) is 5.94. The number of anilines is 1. The molecule has 3 rings (SSSR count). The van der Waals surface area contributed by atoms with Gasteiger partial charge in [0, 0.05) is 39.0 Å². The molecular formula is C15H21N3O2. The van der Waals surface area contributed by atoms with E-state index in [0.29, 0.717) is 6.42 Å². The highest BCUT2D eigenvalue weighted by atomic mass is 16.5. The summed E-state index contributed by atoms with van der Waals surface area (Å²) in [6.45, 7) is 4.08. The number of amides is 1. The summed E-state index contributed by atoms with van der Waals surface area (Å²) in [5, 5.41) is 0. The Bertz CT molecular complexity index is 438. The number of rotatable bonds is 3. The highest BCUT2D eigenvalue weighted by Crippen LogP contribution is 2.18. The van der Waals surface area contributed by atoms with Crippen LogP contribution < -0.4 is 4.90 Å². The molecule has 1 aromatic rings. The lowest BCUT2D eigenvalue weighted by atomic mass is 10.1. The first-order chi connectivity index (χ1) is 9.83. The molecule has 0 spiro atoms. The molecule has 0 N–H and O–H groups in total. The van der Waals surface area contributed by atoms with Gasteiger partial charge < -0.3 is 14.5 Å². The Labute approximate surface area is 119 Å². The van der Waals surface area contributed by atoms with Crippen LogP contribution in [0.15, 0.2) is 24.4 Å². The van der Waals surface area contributed by atoms with Crippen LogP contribution in [-0.2, 0) is 9.53 Å². The molecule has 1 atom stereocenters. The molecule has 2 fully saturated rings. The number of piperazine rings is 1. The molecule has 1 amide bonds. The molecule has 0 radical (unpaired) electrons. The summed E-state index contributed by atoms with van der Waals surface area (Å²) in [5.74, 6) is 1.23. The molecule has 1 aromatic heterocycles. The normalized spacial score (nSPS) is 23.1. The first-order valence-corrected chi connectivity index (χ1v) is 7.38. The second kappa shape index (κ2) is 6.22. The van der Waals surface area contributed by atoms with Gasteiger partial charge in [0.25, 0.3) is 0 Å². The Morgan fingerprint density at radius 3 is 2.80 bits per heavy atom. The molecule has 5 nitrogen and oxygen atoms in total. The lowest BCUT2D eigenvalue weighted by molar-refractivity contribution is -0.133. The van der Waals surface area contributed by atoms with Crippen molar-refractivity contribution in [2.75, 3.05) is 37.7 Å². The van der Waals surface area contributed by atoms with E-state index in [-0.39, 0.29) is 12.0 Å². The first-order valence-electron chi connectivity index (χ1n) is 7.38. The van der Waals surface area contributed by atoms with E-state index in [9.17, 15) is 4.79 Å². The van der Waals surface area contributed by atoms with Crippen LogP contribution in [0.25, 0.3) is 0 Å². The van der Waals surface area contributed by atoms with Crippen LogP contribution in [0, 0.1) is 0 Å². The summed E-state index contributed by atoms with van der Waals surface area (Å²) >= 11 is 0. The van der Waals surface area contributed by atoms with Crippen molar-refractivity contribution in [2.45, 2.75) is 25.4 Å². The summed E-state index contributed by atoms with van der Waals surface area (Å²) in [7, 11) is 0. The quantitative estimate of drug-likeness (QED) is 0.834. The molecule has 2 saturated heterocycles. The SMILES string of the molecule is O=C(CC1CCCO1)N1CCN(c2ccccn2)CC1. The molecule has 0 saturated carbocycles. The van der Waals surface area contributed by atoms with Crippen molar-refractivity contribution in [3.05, 3.63) is 24.4 Å². The van der Waals surface area contributed by atoms with Gasteiger partial charge in [0.15, 0.2) is 0 Å². The molecule has 5 heteroatoms. The fraction of sp³-hybridized carbons (Fsp3) is 0.600. The van der Waals surface area contributed by atoms with Crippen LogP contribution in [-0.4, -0.2) is 54.7 Å². The minimum absolute atomic E-state index is 0.149. The van der Waals surface area contributed by atoms with E-state index < -0.39 is 0 Å². The third-order valence-electron chi connectivity index (χ3n) is 4.03. The van der Waals surface area contributed by atoms with Crippen LogP contribution in [0.5, 0.6) is 0 Å². The average Bonchev–Trinajstić information content (AvgIpc) is 3.01. The number of ether oxygens (including phenoxy) is 1. The van der Waals surface area contributed by atoms with Crippen LogP contribution in [0.3, 0.4) is 0 Å². The van der Waals surface area contributed by atoms with Crippen molar-refractivity contribution in [1.29, 1.82) is 0 Å². The minimum Gasteiger partial charge on any atom is -0.378 e. The molecule has 0 aromatic carbocycles. The molecule has 0 aliphatic carbocycles. The number of nitrogens with zero attached hydrogens (tertiary/aromatic N) is 3. The van der Waals surface area contributed by atoms with Crippen molar-refractivity contribution in [3.63, 3.8) is 0 Å². The van der Waals surface area contributed by atoms with E-state index in [1.54, 1.807) is 0 Å². The van der Waals surface area contributed by atoms with Gasteiger partial charge in [-0.1, -0.05) is 6.07 Å².